The normalized spacial score (nSPS) is 16.6. The van der Waals surface area contributed by atoms with Crippen LogP contribution in [0, 0.1) is 0 Å². The molecule has 1 heterocycles. The molecule has 1 aromatic rings. The van der Waals surface area contributed by atoms with Crippen molar-refractivity contribution < 1.29 is 9.59 Å². The molecule has 1 N–H and O–H groups in total. The van der Waals surface area contributed by atoms with Crippen LogP contribution < -0.4 is 5.32 Å². The first kappa shape index (κ1) is 12.9. The number of carbonyl (C=O) groups is 2. The molecule has 98 valence electrons. The van der Waals surface area contributed by atoms with Gasteiger partial charge in [0, 0.05) is 29.9 Å². The van der Waals surface area contributed by atoms with Crippen molar-refractivity contribution in [3.63, 3.8) is 0 Å². The summed E-state index contributed by atoms with van der Waals surface area (Å²) in [4.78, 5) is 23.8. The molecule has 1 amide bonds. The molecule has 0 radical (unpaired) electrons. The second-order valence-electron chi connectivity index (χ2n) is 5.20. The van der Waals surface area contributed by atoms with Gasteiger partial charge in [0.05, 0.1) is 0 Å². The van der Waals surface area contributed by atoms with E-state index in [4.69, 9.17) is 0 Å². The lowest BCUT2D eigenvalue weighted by Gasteiger charge is -2.21. The van der Waals surface area contributed by atoms with E-state index in [2.05, 4.69) is 5.32 Å². The first-order chi connectivity index (χ1) is 8.50. The SMILES string of the molecule is CC(C)NC(=O)C(C)n1ccc2c1CCCC2=O. The highest BCUT2D eigenvalue weighted by atomic mass is 16.2. The van der Waals surface area contributed by atoms with Gasteiger partial charge in [0.15, 0.2) is 5.78 Å². The third-order valence-electron chi connectivity index (χ3n) is 3.37. The molecule has 1 aromatic heterocycles. The number of aromatic nitrogens is 1. The van der Waals surface area contributed by atoms with Crippen LogP contribution in [-0.2, 0) is 11.2 Å². The quantitative estimate of drug-likeness (QED) is 0.890. The molecule has 0 bridgehead atoms. The molecule has 0 spiro atoms. The molecule has 0 saturated heterocycles. The van der Waals surface area contributed by atoms with Crippen LogP contribution in [0.2, 0.25) is 0 Å². The highest BCUT2D eigenvalue weighted by Gasteiger charge is 2.24. The Morgan fingerprint density at radius 1 is 1.33 bits per heavy atom. The smallest absolute Gasteiger partial charge is 0.242 e. The average Bonchev–Trinajstić information content (AvgIpc) is 2.72. The number of nitrogens with zero attached hydrogens (tertiary/aromatic N) is 1. The summed E-state index contributed by atoms with van der Waals surface area (Å²) >= 11 is 0. The van der Waals surface area contributed by atoms with E-state index in [1.54, 1.807) is 0 Å². The van der Waals surface area contributed by atoms with Crippen LogP contribution in [0.1, 0.15) is 55.7 Å². The number of hydrogen-bond acceptors (Lipinski definition) is 2. The van der Waals surface area contributed by atoms with Gasteiger partial charge in [0.1, 0.15) is 6.04 Å². The Hall–Kier alpha value is -1.58. The van der Waals surface area contributed by atoms with Gasteiger partial charge in [-0.2, -0.15) is 0 Å². The fourth-order valence-corrected chi connectivity index (χ4v) is 2.44. The first-order valence-corrected chi connectivity index (χ1v) is 6.54. The second kappa shape index (κ2) is 4.96. The van der Waals surface area contributed by atoms with Crippen LogP contribution in [0.5, 0.6) is 0 Å². The maximum atomic E-state index is 12.0. The largest absolute Gasteiger partial charge is 0.352 e. The standard InChI is InChI=1S/C14H20N2O2/c1-9(2)15-14(18)10(3)16-8-7-11-12(16)5-4-6-13(11)17/h7-10H,4-6H2,1-3H3,(H,15,18). The van der Waals surface area contributed by atoms with Gasteiger partial charge in [0.2, 0.25) is 5.91 Å². The van der Waals surface area contributed by atoms with Crippen LogP contribution in [0.3, 0.4) is 0 Å². The van der Waals surface area contributed by atoms with E-state index in [9.17, 15) is 9.59 Å². The third kappa shape index (κ3) is 2.33. The van der Waals surface area contributed by atoms with Gasteiger partial charge in [0.25, 0.3) is 0 Å². The molecular weight excluding hydrogens is 228 g/mol. The molecule has 1 atom stereocenters. The minimum absolute atomic E-state index is 0.00132. The van der Waals surface area contributed by atoms with Crippen molar-refractivity contribution in [2.75, 3.05) is 0 Å². The lowest BCUT2D eigenvalue weighted by atomic mass is 9.96. The summed E-state index contributed by atoms with van der Waals surface area (Å²) in [5.74, 6) is 0.202. The molecular formula is C14H20N2O2. The van der Waals surface area contributed by atoms with Gasteiger partial charge in [-0.3, -0.25) is 9.59 Å². The minimum atomic E-state index is -0.262. The van der Waals surface area contributed by atoms with Crippen LogP contribution >= 0.6 is 0 Å². The van der Waals surface area contributed by atoms with Crippen molar-refractivity contribution in [1.29, 1.82) is 0 Å². The molecule has 4 heteroatoms. The van der Waals surface area contributed by atoms with Gasteiger partial charge in [-0.1, -0.05) is 0 Å². The summed E-state index contributed by atoms with van der Waals surface area (Å²) in [6.07, 6.45) is 4.25. The predicted octanol–water partition coefficient (Wildman–Crippen LogP) is 2.09. The van der Waals surface area contributed by atoms with E-state index in [1.807, 2.05) is 37.6 Å². The third-order valence-corrected chi connectivity index (χ3v) is 3.37. The molecule has 0 saturated carbocycles. The number of ketones is 1. The zero-order chi connectivity index (χ0) is 13.3. The van der Waals surface area contributed by atoms with Gasteiger partial charge in [-0.25, -0.2) is 0 Å². The molecule has 0 fully saturated rings. The van der Waals surface area contributed by atoms with Crippen molar-refractivity contribution in [2.45, 2.75) is 52.1 Å². The zero-order valence-corrected chi connectivity index (χ0v) is 11.2. The molecule has 4 nitrogen and oxygen atoms in total. The number of carbonyl (C=O) groups excluding carboxylic acids is 2. The summed E-state index contributed by atoms with van der Waals surface area (Å²) in [7, 11) is 0. The fraction of sp³-hybridized carbons (Fsp3) is 0.571. The van der Waals surface area contributed by atoms with E-state index < -0.39 is 0 Å². The Morgan fingerprint density at radius 3 is 2.72 bits per heavy atom. The molecule has 1 aliphatic rings. The van der Waals surface area contributed by atoms with Crippen LogP contribution in [0.4, 0.5) is 0 Å². The molecule has 1 aliphatic carbocycles. The number of hydrogen-bond donors (Lipinski definition) is 1. The van der Waals surface area contributed by atoms with Crippen molar-refractivity contribution in [3.8, 4) is 0 Å². The van der Waals surface area contributed by atoms with Gasteiger partial charge >= 0.3 is 0 Å². The summed E-state index contributed by atoms with van der Waals surface area (Å²) in [6, 6.07) is 1.71. The molecule has 1 unspecified atom stereocenters. The van der Waals surface area contributed by atoms with E-state index in [-0.39, 0.29) is 23.8 Å². The summed E-state index contributed by atoms with van der Waals surface area (Å²) in [5.41, 5.74) is 1.81. The zero-order valence-electron chi connectivity index (χ0n) is 11.2. The molecule has 18 heavy (non-hydrogen) atoms. The van der Waals surface area contributed by atoms with Crippen LogP contribution in [0.25, 0.3) is 0 Å². The Bertz CT molecular complexity index is 474. The van der Waals surface area contributed by atoms with E-state index in [0.29, 0.717) is 6.42 Å². The van der Waals surface area contributed by atoms with Crippen LogP contribution in [-0.4, -0.2) is 22.3 Å². The minimum Gasteiger partial charge on any atom is -0.352 e. The molecule has 0 aromatic carbocycles. The van der Waals surface area contributed by atoms with Crippen molar-refractivity contribution >= 4 is 11.7 Å². The monoisotopic (exact) mass is 248 g/mol. The number of Topliss-reactive ketones (excluding diaryl/α,β-unsaturated/α-hetero) is 1. The average molecular weight is 248 g/mol. The maximum absolute atomic E-state index is 12.0. The Balaban J connectivity index is 2.24. The molecule has 2 rings (SSSR count). The van der Waals surface area contributed by atoms with E-state index in [1.165, 1.54) is 0 Å². The van der Waals surface area contributed by atoms with E-state index in [0.717, 1.165) is 24.1 Å². The van der Waals surface area contributed by atoms with Crippen molar-refractivity contribution in [3.05, 3.63) is 23.5 Å². The number of nitrogens with one attached hydrogen (secondary N) is 1. The van der Waals surface area contributed by atoms with Gasteiger partial charge in [-0.05, 0) is 39.7 Å². The number of rotatable bonds is 3. The maximum Gasteiger partial charge on any atom is 0.242 e. The lowest BCUT2D eigenvalue weighted by Crippen LogP contribution is -2.36. The Morgan fingerprint density at radius 2 is 2.06 bits per heavy atom. The first-order valence-electron chi connectivity index (χ1n) is 6.54. The van der Waals surface area contributed by atoms with Crippen LogP contribution in [0.15, 0.2) is 12.3 Å². The fourth-order valence-electron chi connectivity index (χ4n) is 2.44. The summed E-state index contributed by atoms with van der Waals surface area (Å²) < 4.78 is 1.93. The number of amides is 1. The highest BCUT2D eigenvalue weighted by Crippen LogP contribution is 2.25. The molecule has 0 aliphatic heterocycles. The highest BCUT2D eigenvalue weighted by molar-refractivity contribution is 5.98. The van der Waals surface area contributed by atoms with Gasteiger partial charge < -0.3 is 9.88 Å². The second-order valence-corrected chi connectivity index (χ2v) is 5.20. The Labute approximate surface area is 107 Å². The summed E-state index contributed by atoms with van der Waals surface area (Å²) in [5, 5.41) is 2.90. The van der Waals surface area contributed by atoms with E-state index >= 15 is 0 Å². The number of fused-ring (bicyclic) bond motifs is 1. The topological polar surface area (TPSA) is 51.1 Å². The van der Waals surface area contributed by atoms with Crippen molar-refractivity contribution in [2.24, 2.45) is 0 Å². The predicted molar refractivity (Wildman–Crippen MR) is 69.7 cm³/mol. The van der Waals surface area contributed by atoms with Gasteiger partial charge in [-0.15, -0.1) is 0 Å². The lowest BCUT2D eigenvalue weighted by molar-refractivity contribution is -0.124. The Kier molecular flexibility index (Phi) is 3.55. The summed E-state index contributed by atoms with van der Waals surface area (Å²) in [6.45, 7) is 5.76. The van der Waals surface area contributed by atoms with Crippen molar-refractivity contribution in [1.82, 2.24) is 9.88 Å².